The highest BCUT2D eigenvalue weighted by molar-refractivity contribution is 5.39. The van der Waals surface area contributed by atoms with E-state index in [-0.39, 0.29) is 16.9 Å². The average molecular weight is 436 g/mol. The predicted molar refractivity (Wildman–Crippen MR) is 130 cm³/mol. The van der Waals surface area contributed by atoms with Crippen LogP contribution in [0, 0.1) is 22.7 Å². The number of fused-ring (bicyclic) bond motifs is 5. The van der Waals surface area contributed by atoms with E-state index in [1.807, 2.05) is 0 Å². The summed E-state index contributed by atoms with van der Waals surface area (Å²) in [4.78, 5) is 2.35. The lowest BCUT2D eigenvalue weighted by atomic mass is 9.50. The van der Waals surface area contributed by atoms with Crippen LogP contribution in [0.1, 0.15) is 64.4 Å². The number of rotatable bonds is 5. The molecule has 3 heteroatoms. The van der Waals surface area contributed by atoms with Crippen molar-refractivity contribution in [2.75, 3.05) is 20.1 Å². The van der Waals surface area contributed by atoms with E-state index in [1.54, 1.807) is 5.57 Å². The molecule has 0 saturated heterocycles. The number of allylic oxidation sites excluding steroid dienone is 3. The van der Waals surface area contributed by atoms with Crippen LogP contribution < -0.4 is 0 Å². The first-order chi connectivity index (χ1) is 15.3. The second kappa shape index (κ2) is 8.11. The predicted octanol–water partition coefficient (Wildman–Crippen LogP) is 5.14. The SMILES string of the molecule is CN(CCc1ccccc1)CC1(O)CCC2C3=CC=C4CC(O)CCC4(C)C3CCC21C. The van der Waals surface area contributed by atoms with Crippen molar-refractivity contribution >= 4 is 0 Å². The first kappa shape index (κ1) is 22.4. The van der Waals surface area contributed by atoms with Crippen LogP contribution in [0.4, 0.5) is 0 Å². The normalized spacial score (nSPS) is 40.9. The standard InChI is InChI=1S/C29H41NO2/c1-27-15-11-23(31)19-22(27)9-10-24-25(27)12-16-28(2)26(24)13-17-29(28,32)20-30(3)18-14-21-7-5-4-6-8-21/h4-10,23,25-26,31-32H,11-20H2,1-3H3. The zero-order valence-electron chi connectivity index (χ0n) is 20.2. The molecule has 0 amide bonds. The molecule has 0 aromatic heterocycles. The minimum Gasteiger partial charge on any atom is -0.393 e. The monoisotopic (exact) mass is 435 g/mol. The van der Waals surface area contributed by atoms with Crippen LogP contribution in [0.15, 0.2) is 53.6 Å². The highest BCUT2D eigenvalue weighted by Crippen LogP contribution is 2.65. The number of aliphatic hydroxyl groups is 2. The van der Waals surface area contributed by atoms with Crippen molar-refractivity contribution in [3.63, 3.8) is 0 Å². The molecule has 0 aliphatic heterocycles. The van der Waals surface area contributed by atoms with Gasteiger partial charge in [-0.25, -0.2) is 0 Å². The smallest absolute Gasteiger partial charge is 0.0833 e. The summed E-state index contributed by atoms with van der Waals surface area (Å²) < 4.78 is 0. The molecule has 0 spiro atoms. The summed E-state index contributed by atoms with van der Waals surface area (Å²) in [5.74, 6) is 1.07. The van der Waals surface area contributed by atoms with E-state index in [0.29, 0.717) is 11.8 Å². The molecule has 1 aromatic rings. The van der Waals surface area contributed by atoms with Crippen LogP contribution in [0.2, 0.25) is 0 Å². The Bertz CT molecular complexity index is 907. The van der Waals surface area contributed by atoms with Gasteiger partial charge in [0.1, 0.15) is 0 Å². The number of nitrogens with zero attached hydrogens (tertiary/aromatic N) is 1. The lowest BCUT2D eigenvalue weighted by molar-refractivity contribution is -0.0988. The zero-order chi connectivity index (χ0) is 22.6. The first-order valence-corrected chi connectivity index (χ1v) is 12.8. The quantitative estimate of drug-likeness (QED) is 0.673. The number of likely N-dealkylation sites (N-methyl/N-ethyl adjacent to an activating group) is 1. The van der Waals surface area contributed by atoms with Crippen LogP contribution in [-0.2, 0) is 6.42 Å². The Labute approximate surface area is 194 Å². The molecule has 0 heterocycles. The van der Waals surface area contributed by atoms with Crippen LogP contribution in [0.5, 0.6) is 0 Å². The number of hydrogen-bond donors (Lipinski definition) is 2. The molecule has 2 N–H and O–H groups in total. The van der Waals surface area contributed by atoms with Gasteiger partial charge in [0.05, 0.1) is 11.7 Å². The summed E-state index contributed by atoms with van der Waals surface area (Å²) in [6.45, 7) is 6.56. The molecule has 3 nitrogen and oxygen atoms in total. The Balaban J connectivity index is 1.33. The van der Waals surface area contributed by atoms with Crippen molar-refractivity contribution in [1.29, 1.82) is 0 Å². The molecule has 4 aliphatic rings. The van der Waals surface area contributed by atoms with Gasteiger partial charge in [0.2, 0.25) is 0 Å². The maximum atomic E-state index is 12.0. The molecular weight excluding hydrogens is 394 g/mol. The second-order valence-electron chi connectivity index (χ2n) is 11.8. The van der Waals surface area contributed by atoms with Gasteiger partial charge in [0.25, 0.3) is 0 Å². The van der Waals surface area contributed by atoms with Gasteiger partial charge in [-0.2, -0.15) is 0 Å². The van der Waals surface area contributed by atoms with Crippen LogP contribution in [-0.4, -0.2) is 47.0 Å². The topological polar surface area (TPSA) is 43.7 Å². The minimum absolute atomic E-state index is 0.0494. The Morgan fingerprint density at radius 3 is 2.50 bits per heavy atom. The Hall–Kier alpha value is -1.42. The van der Waals surface area contributed by atoms with Crippen LogP contribution >= 0.6 is 0 Å². The van der Waals surface area contributed by atoms with Crippen molar-refractivity contribution in [3.05, 3.63) is 59.2 Å². The van der Waals surface area contributed by atoms with E-state index in [9.17, 15) is 10.2 Å². The third-order valence-electron chi connectivity index (χ3n) is 10.0. The van der Waals surface area contributed by atoms with Crippen molar-refractivity contribution in [3.8, 4) is 0 Å². The van der Waals surface area contributed by atoms with E-state index in [0.717, 1.165) is 58.0 Å². The van der Waals surface area contributed by atoms with Gasteiger partial charge in [-0.3, -0.25) is 0 Å². The molecule has 4 aliphatic carbocycles. The average Bonchev–Trinajstić information content (AvgIpc) is 3.04. The van der Waals surface area contributed by atoms with Gasteiger partial charge in [-0.05, 0) is 81.2 Å². The Morgan fingerprint density at radius 1 is 0.969 bits per heavy atom. The summed E-state index contributed by atoms with van der Waals surface area (Å²) >= 11 is 0. The molecule has 5 rings (SSSR count). The summed E-state index contributed by atoms with van der Waals surface area (Å²) in [5, 5.41) is 22.2. The fraction of sp³-hybridized carbons (Fsp3) is 0.655. The van der Waals surface area contributed by atoms with Gasteiger partial charge in [0, 0.05) is 18.5 Å². The summed E-state index contributed by atoms with van der Waals surface area (Å²) in [6, 6.07) is 10.7. The molecule has 3 saturated carbocycles. The molecule has 6 unspecified atom stereocenters. The third-order valence-corrected chi connectivity index (χ3v) is 10.0. The summed E-state index contributed by atoms with van der Waals surface area (Å²) in [7, 11) is 2.17. The molecule has 6 atom stereocenters. The number of aliphatic hydroxyl groups excluding tert-OH is 1. The van der Waals surface area contributed by atoms with Crippen LogP contribution in [0.25, 0.3) is 0 Å². The summed E-state index contributed by atoms with van der Waals surface area (Å²) in [6.07, 6.45) is 12.7. The Morgan fingerprint density at radius 2 is 1.72 bits per heavy atom. The number of hydrogen-bond acceptors (Lipinski definition) is 3. The van der Waals surface area contributed by atoms with Gasteiger partial charge in [-0.15, -0.1) is 0 Å². The first-order valence-electron chi connectivity index (χ1n) is 12.8. The lowest BCUT2D eigenvalue weighted by Gasteiger charge is -2.56. The fourth-order valence-electron chi connectivity index (χ4n) is 7.84. The van der Waals surface area contributed by atoms with E-state index in [2.05, 4.69) is 68.3 Å². The third kappa shape index (κ3) is 3.52. The zero-order valence-corrected chi connectivity index (χ0v) is 20.2. The lowest BCUT2D eigenvalue weighted by Crippen LogP contribution is -2.55. The highest BCUT2D eigenvalue weighted by Gasteiger charge is 2.62. The van der Waals surface area contributed by atoms with Gasteiger partial charge in [-0.1, -0.05) is 67.5 Å². The molecule has 0 bridgehead atoms. The number of benzene rings is 1. The van der Waals surface area contributed by atoms with E-state index in [4.69, 9.17) is 0 Å². The largest absolute Gasteiger partial charge is 0.393 e. The van der Waals surface area contributed by atoms with Crippen molar-refractivity contribution in [2.24, 2.45) is 22.7 Å². The van der Waals surface area contributed by atoms with Crippen molar-refractivity contribution in [2.45, 2.75) is 76.9 Å². The molecule has 32 heavy (non-hydrogen) atoms. The Kier molecular flexibility index (Phi) is 5.67. The van der Waals surface area contributed by atoms with Gasteiger partial charge in [0.15, 0.2) is 0 Å². The van der Waals surface area contributed by atoms with E-state index in [1.165, 1.54) is 17.6 Å². The van der Waals surface area contributed by atoms with E-state index < -0.39 is 5.60 Å². The fourth-order valence-corrected chi connectivity index (χ4v) is 7.84. The maximum Gasteiger partial charge on any atom is 0.0833 e. The van der Waals surface area contributed by atoms with Crippen molar-refractivity contribution < 1.29 is 10.2 Å². The molecular formula is C29H41NO2. The van der Waals surface area contributed by atoms with Gasteiger partial charge < -0.3 is 15.1 Å². The molecule has 3 fully saturated rings. The second-order valence-corrected chi connectivity index (χ2v) is 11.8. The van der Waals surface area contributed by atoms with Crippen LogP contribution in [0.3, 0.4) is 0 Å². The van der Waals surface area contributed by atoms with Crippen molar-refractivity contribution in [1.82, 2.24) is 4.90 Å². The summed E-state index contributed by atoms with van der Waals surface area (Å²) in [5.41, 5.74) is 3.96. The molecule has 0 radical (unpaired) electrons. The maximum absolute atomic E-state index is 12.0. The van der Waals surface area contributed by atoms with Gasteiger partial charge >= 0.3 is 0 Å². The minimum atomic E-state index is -0.622. The molecule has 174 valence electrons. The molecule has 1 aromatic carbocycles. The highest BCUT2D eigenvalue weighted by atomic mass is 16.3. The van der Waals surface area contributed by atoms with E-state index >= 15 is 0 Å².